The lowest BCUT2D eigenvalue weighted by Gasteiger charge is -2.32. The summed E-state index contributed by atoms with van der Waals surface area (Å²) in [5, 5.41) is 14.7. The van der Waals surface area contributed by atoms with Gasteiger partial charge in [0.05, 0.1) is 0 Å². The summed E-state index contributed by atoms with van der Waals surface area (Å²) in [7, 11) is 0. The summed E-state index contributed by atoms with van der Waals surface area (Å²) >= 11 is 0. The Morgan fingerprint density at radius 3 is 2.20 bits per heavy atom. The quantitative estimate of drug-likeness (QED) is 0.421. The van der Waals surface area contributed by atoms with Gasteiger partial charge < -0.3 is 15.4 Å². The molecule has 1 saturated heterocycles. The van der Waals surface area contributed by atoms with Gasteiger partial charge in [-0.25, -0.2) is 0 Å². The normalized spacial score (nSPS) is 18.4. The summed E-state index contributed by atoms with van der Waals surface area (Å²) in [6.45, 7) is 1.88. The lowest BCUT2D eigenvalue weighted by molar-refractivity contribution is -0.605. The second-order valence-electron chi connectivity index (χ2n) is 9.82. The largest absolute Gasteiger partial charge is 0.619 e. The number of nitrogens with zero attached hydrogens (tertiary/aromatic N) is 2. The van der Waals surface area contributed by atoms with E-state index in [9.17, 15) is 14.8 Å². The van der Waals surface area contributed by atoms with E-state index >= 15 is 0 Å². The van der Waals surface area contributed by atoms with Gasteiger partial charge in [0.15, 0.2) is 12.4 Å². The number of carbonyl (C=O) groups excluding carboxylic acids is 2. The molecule has 3 aromatic rings. The summed E-state index contributed by atoms with van der Waals surface area (Å²) in [6, 6.07) is 24.2. The molecule has 180 valence electrons. The highest BCUT2D eigenvalue weighted by molar-refractivity contribution is 5.93. The fraction of sp³-hybridized carbons (Fsp3) is 0.345. The average Bonchev–Trinajstić information content (AvgIpc) is 3.60. The van der Waals surface area contributed by atoms with E-state index in [0.717, 1.165) is 25.7 Å². The zero-order chi connectivity index (χ0) is 24.3. The second-order valence-corrected chi connectivity index (χ2v) is 9.82. The number of rotatable bonds is 7. The SMILES string of the molecule is O=C(NCCC(c1ccccc1)c1ccccc1)C1CC12CCN(C(=O)c1ccc[n+]([O-])c1)CC2. The third kappa shape index (κ3) is 5.06. The molecule has 2 aliphatic rings. The maximum Gasteiger partial charge on any atom is 0.259 e. The Morgan fingerprint density at radius 2 is 1.60 bits per heavy atom. The molecule has 2 amide bonds. The first-order valence-electron chi connectivity index (χ1n) is 12.4. The number of hydrogen-bond acceptors (Lipinski definition) is 3. The van der Waals surface area contributed by atoms with Gasteiger partial charge in [0, 0.05) is 37.5 Å². The molecule has 5 rings (SSSR count). The highest BCUT2D eigenvalue weighted by Gasteiger charge is 2.58. The van der Waals surface area contributed by atoms with Crippen molar-refractivity contribution in [2.75, 3.05) is 19.6 Å². The van der Waals surface area contributed by atoms with Crippen LogP contribution in [-0.4, -0.2) is 36.3 Å². The van der Waals surface area contributed by atoms with Crippen molar-refractivity contribution in [2.45, 2.75) is 31.6 Å². The molecule has 1 N–H and O–H groups in total. The fourth-order valence-corrected chi connectivity index (χ4v) is 5.55. The van der Waals surface area contributed by atoms with E-state index in [4.69, 9.17) is 0 Å². The average molecular weight is 470 g/mol. The van der Waals surface area contributed by atoms with Crippen LogP contribution in [0.5, 0.6) is 0 Å². The molecule has 1 spiro atoms. The third-order valence-corrected chi connectivity index (χ3v) is 7.71. The molecular weight excluding hydrogens is 438 g/mol. The number of pyridine rings is 1. The number of amides is 2. The van der Waals surface area contributed by atoms with Gasteiger partial charge in [-0.05, 0) is 48.3 Å². The predicted octanol–water partition coefficient (Wildman–Crippen LogP) is 3.90. The van der Waals surface area contributed by atoms with Gasteiger partial charge in [0.1, 0.15) is 5.56 Å². The molecule has 0 bridgehead atoms. The maximum absolute atomic E-state index is 13.0. The number of hydrogen-bond donors (Lipinski definition) is 1. The Balaban J connectivity index is 1.13. The van der Waals surface area contributed by atoms with Crippen molar-refractivity contribution in [3.05, 3.63) is 107 Å². The molecule has 6 heteroatoms. The van der Waals surface area contributed by atoms with Crippen LogP contribution in [0.25, 0.3) is 0 Å². The molecule has 35 heavy (non-hydrogen) atoms. The second kappa shape index (κ2) is 9.90. The Morgan fingerprint density at radius 1 is 0.971 bits per heavy atom. The molecular formula is C29H31N3O3. The van der Waals surface area contributed by atoms with Crippen molar-refractivity contribution in [1.82, 2.24) is 10.2 Å². The van der Waals surface area contributed by atoms with Gasteiger partial charge in [-0.15, -0.1) is 0 Å². The molecule has 1 saturated carbocycles. The lowest BCUT2D eigenvalue weighted by atomic mass is 9.88. The van der Waals surface area contributed by atoms with Crippen molar-refractivity contribution in [2.24, 2.45) is 11.3 Å². The van der Waals surface area contributed by atoms with Crippen molar-refractivity contribution < 1.29 is 14.3 Å². The van der Waals surface area contributed by atoms with Crippen LogP contribution in [0.15, 0.2) is 85.2 Å². The molecule has 0 radical (unpaired) electrons. The molecule has 1 atom stereocenters. The first-order valence-corrected chi connectivity index (χ1v) is 12.4. The van der Waals surface area contributed by atoms with E-state index in [2.05, 4.69) is 53.8 Å². The van der Waals surface area contributed by atoms with Crippen LogP contribution in [0.1, 0.15) is 53.1 Å². The van der Waals surface area contributed by atoms with Crippen LogP contribution in [-0.2, 0) is 4.79 Å². The molecule has 1 unspecified atom stereocenters. The number of aromatic nitrogens is 1. The standard InChI is InChI=1S/C29H31N3O3/c33-27(30-16-13-25(22-8-3-1-4-9-22)23-10-5-2-6-11-23)26-20-29(26)14-18-31(19-15-29)28(34)24-12-7-17-32(35)21-24/h1-12,17,21,25-26H,13-16,18-20H2,(H,30,33). The number of nitrogens with one attached hydrogen (secondary N) is 1. The van der Waals surface area contributed by atoms with Crippen LogP contribution < -0.4 is 10.0 Å². The zero-order valence-corrected chi connectivity index (χ0v) is 19.8. The number of likely N-dealkylation sites (tertiary alicyclic amines) is 1. The minimum Gasteiger partial charge on any atom is -0.619 e. The van der Waals surface area contributed by atoms with E-state index in [0.29, 0.717) is 29.9 Å². The number of piperidine rings is 1. The highest BCUT2D eigenvalue weighted by Crippen LogP contribution is 2.59. The van der Waals surface area contributed by atoms with Gasteiger partial charge in [-0.2, -0.15) is 4.73 Å². The predicted molar refractivity (Wildman–Crippen MR) is 133 cm³/mol. The van der Waals surface area contributed by atoms with E-state index in [1.807, 2.05) is 12.1 Å². The van der Waals surface area contributed by atoms with E-state index < -0.39 is 0 Å². The summed E-state index contributed by atoms with van der Waals surface area (Å²) in [5.74, 6) is 0.303. The molecule has 1 aromatic heterocycles. The van der Waals surface area contributed by atoms with Gasteiger partial charge in [-0.1, -0.05) is 60.7 Å². The number of benzene rings is 2. The van der Waals surface area contributed by atoms with Gasteiger partial charge >= 0.3 is 0 Å². The number of carbonyl (C=O) groups is 2. The monoisotopic (exact) mass is 469 g/mol. The fourth-order valence-electron chi connectivity index (χ4n) is 5.55. The Kier molecular flexibility index (Phi) is 6.53. The first kappa shape index (κ1) is 23.1. The molecule has 2 aromatic carbocycles. The maximum atomic E-state index is 13.0. The van der Waals surface area contributed by atoms with E-state index in [-0.39, 0.29) is 29.1 Å². The van der Waals surface area contributed by atoms with Crippen molar-refractivity contribution in [3.8, 4) is 0 Å². The molecule has 1 aliphatic carbocycles. The first-order chi connectivity index (χ1) is 17.1. The van der Waals surface area contributed by atoms with Gasteiger partial charge in [0.2, 0.25) is 5.91 Å². The third-order valence-electron chi connectivity index (χ3n) is 7.71. The van der Waals surface area contributed by atoms with Crippen molar-refractivity contribution >= 4 is 11.8 Å². The van der Waals surface area contributed by atoms with Crippen LogP contribution >= 0.6 is 0 Å². The summed E-state index contributed by atoms with van der Waals surface area (Å²) in [4.78, 5) is 27.5. The molecule has 1 aliphatic heterocycles. The Bertz CT molecular complexity index is 1130. The van der Waals surface area contributed by atoms with Crippen molar-refractivity contribution in [3.63, 3.8) is 0 Å². The van der Waals surface area contributed by atoms with Crippen LogP contribution in [0, 0.1) is 16.5 Å². The minimum absolute atomic E-state index is 0.0221. The summed E-state index contributed by atoms with van der Waals surface area (Å²) in [5.41, 5.74) is 2.95. The molecule has 6 nitrogen and oxygen atoms in total. The lowest BCUT2D eigenvalue weighted by Crippen LogP contribution is -2.41. The summed E-state index contributed by atoms with van der Waals surface area (Å²) in [6.07, 6.45) is 6.09. The van der Waals surface area contributed by atoms with Gasteiger partial charge in [-0.3, -0.25) is 9.59 Å². The van der Waals surface area contributed by atoms with Crippen LogP contribution in [0.4, 0.5) is 0 Å². The van der Waals surface area contributed by atoms with E-state index in [1.54, 1.807) is 17.0 Å². The molecule has 2 heterocycles. The molecule has 2 fully saturated rings. The Hall–Kier alpha value is -3.67. The smallest absolute Gasteiger partial charge is 0.259 e. The summed E-state index contributed by atoms with van der Waals surface area (Å²) < 4.78 is 0.653. The minimum atomic E-state index is -0.112. The topological polar surface area (TPSA) is 76.4 Å². The van der Waals surface area contributed by atoms with E-state index in [1.165, 1.54) is 23.5 Å². The Labute approximate surface area is 206 Å². The highest BCUT2D eigenvalue weighted by atomic mass is 16.5. The van der Waals surface area contributed by atoms with Crippen LogP contribution in [0.2, 0.25) is 0 Å². The zero-order valence-electron chi connectivity index (χ0n) is 19.8. The van der Waals surface area contributed by atoms with Crippen LogP contribution in [0.3, 0.4) is 0 Å². The van der Waals surface area contributed by atoms with Gasteiger partial charge in [0.25, 0.3) is 5.91 Å². The van der Waals surface area contributed by atoms with Crippen molar-refractivity contribution in [1.29, 1.82) is 0 Å².